The zero-order chi connectivity index (χ0) is 11.6. The van der Waals surface area contributed by atoms with Crippen molar-refractivity contribution in [3.63, 3.8) is 0 Å². The number of esters is 1. The maximum atomic E-state index is 13.2. The first-order chi connectivity index (χ1) is 6.97. The molecule has 0 aliphatic rings. The fraction of sp³-hybridized carbons (Fsp3) is 0.222. The first-order valence-electron chi connectivity index (χ1n) is 3.86. The number of carbonyl (C=O) groups is 1. The van der Waals surface area contributed by atoms with Gasteiger partial charge in [-0.15, -0.1) is 0 Å². The number of benzene rings is 1. The lowest BCUT2D eigenvalue weighted by Gasteiger charge is -2.06. The lowest BCUT2D eigenvalue weighted by molar-refractivity contribution is -0.139. The highest BCUT2D eigenvalue weighted by molar-refractivity contribution is 9.11. The molecule has 0 saturated carbocycles. The Morgan fingerprint density at radius 3 is 2.53 bits per heavy atom. The van der Waals surface area contributed by atoms with Crippen molar-refractivity contribution in [2.75, 3.05) is 7.11 Å². The number of carbonyl (C=O) groups excluding carboxylic acids is 1. The van der Waals surface area contributed by atoms with Gasteiger partial charge in [0, 0.05) is 0 Å². The zero-order valence-corrected chi connectivity index (χ0v) is 10.8. The van der Waals surface area contributed by atoms with Crippen LogP contribution >= 0.6 is 31.9 Å². The van der Waals surface area contributed by atoms with Crippen LogP contribution in [0, 0.1) is 11.6 Å². The second-order valence-corrected chi connectivity index (χ2v) is 4.36. The molecule has 0 radical (unpaired) electrons. The Balaban J connectivity index is 3.15. The monoisotopic (exact) mass is 342 g/mol. The van der Waals surface area contributed by atoms with Crippen LogP contribution in [0.15, 0.2) is 15.0 Å². The molecule has 0 aromatic heterocycles. The van der Waals surface area contributed by atoms with Crippen LogP contribution < -0.4 is 0 Å². The van der Waals surface area contributed by atoms with Crippen molar-refractivity contribution >= 4 is 37.8 Å². The van der Waals surface area contributed by atoms with E-state index in [1.807, 2.05) is 0 Å². The van der Waals surface area contributed by atoms with Gasteiger partial charge in [0.25, 0.3) is 0 Å². The quantitative estimate of drug-likeness (QED) is 0.468. The van der Waals surface area contributed by atoms with E-state index in [0.717, 1.165) is 0 Å². The minimum atomic E-state index is -1.02. The van der Waals surface area contributed by atoms with Gasteiger partial charge in [-0.05, 0) is 43.5 Å². The van der Waals surface area contributed by atoms with Crippen molar-refractivity contribution in [1.29, 1.82) is 0 Å². The van der Waals surface area contributed by atoms with Crippen LogP contribution in [0.3, 0.4) is 0 Å². The molecule has 82 valence electrons. The van der Waals surface area contributed by atoms with Gasteiger partial charge in [-0.1, -0.05) is 0 Å². The molecule has 0 saturated heterocycles. The van der Waals surface area contributed by atoms with Gasteiger partial charge in [0.2, 0.25) is 0 Å². The molecule has 0 aliphatic carbocycles. The Morgan fingerprint density at radius 1 is 1.40 bits per heavy atom. The zero-order valence-electron chi connectivity index (χ0n) is 7.61. The smallest absolute Gasteiger partial charge is 0.310 e. The molecule has 0 atom stereocenters. The van der Waals surface area contributed by atoms with Crippen LogP contribution in [-0.4, -0.2) is 13.1 Å². The summed E-state index contributed by atoms with van der Waals surface area (Å²) >= 11 is 5.73. The minimum absolute atomic E-state index is 0.0258. The molecular formula is C9H6Br2F2O2. The van der Waals surface area contributed by atoms with Crippen LogP contribution in [0.25, 0.3) is 0 Å². The molecule has 0 bridgehead atoms. The standard InChI is InChI=1S/C9H6Br2F2O2/c1-15-6(14)3-4-2-5(10)8(12)9(13)7(4)11/h2H,3H2,1H3. The van der Waals surface area contributed by atoms with Crippen LogP contribution in [0.4, 0.5) is 8.78 Å². The van der Waals surface area contributed by atoms with Crippen LogP contribution in [0.2, 0.25) is 0 Å². The molecule has 0 aliphatic heterocycles. The maximum absolute atomic E-state index is 13.2. The van der Waals surface area contributed by atoms with E-state index in [1.165, 1.54) is 13.2 Å². The van der Waals surface area contributed by atoms with Gasteiger partial charge in [0.1, 0.15) is 0 Å². The summed E-state index contributed by atoms with van der Waals surface area (Å²) in [5, 5.41) is 0. The third-order valence-electron chi connectivity index (χ3n) is 1.74. The van der Waals surface area contributed by atoms with E-state index in [-0.39, 0.29) is 15.4 Å². The van der Waals surface area contributed by atoms with Crippen LogP contribution in [0.5, 0.6) is 0 Å². The summed E-state index contributed by atoms with van der Waals surface area (Å²) in [6, 6.07) is 1.33. The highest BCUT2D eigenvalue weighted by Gasteiger charge is 2.17. The Bertz CT molecular complexity index is 408. The van der Waals surface area contributed by atoms with Crippen molar-refractivity contribution in [2.24, 2.45) is 0 Å². The van der Waals surface area contributed by atoms with Crippen molar-refractivity contribution in [3.05, 3.63) is 32.2 Å². The molecule has 15 heavy (non-hydrogen) atoms. The highest BCUT2D eigenvalue weighted by atomic mass is 79.9. The molecule has 0 amide bonds. The molecule has 2 nitrogen and oxygen atoms in total. The molecule has 0 fully saturated rings. The van der Waals surface area contributed by atoms with Crippen molar-refractivity contribution in [2.45, 2.75) is 6.42 Å². The van der Waals surface area contributed by atoms with E-state index in [2.05, 4.69) is 36.6 Å². The Labute approximate surface area is 102 Å². The Kier molecular flexibility index (Phi) is 4.21. The summed E-state index contributed by atoms with van der Waals surface area (Å²) in [6.07, 6.45) is -0.118. The molecule has 1 aromatic rings. The largest absolute Gasteiger partial charge is 0.469 e. The number of methoxy groups -OCH3 is 1. The first-order valence-corrected chi connectivity index (χ1v) is 5.44. The van der Waals surface area contributed by atoms with E-state index >= 15 is 0 Å². The number of hydrogen-bond donors (Lipinski definition) is 0. The third-order valence-corrected chi connectivity index (χ3v) is 3.17. The summed E-state index contributed by atoms with van der Waals surface area (Å²) in [6.45, 7) is 0. The van der Waals surface area contributed by atoms with Crippen molar-refractivity contribution in [3.8, 4) is 0 Å². The predicted molar refractivity (Wildman–Crippen MR) is 57.5 cm³/mol. The van der Waals surface area contributed by atoms with Gasteiger partial charge < -0.3 is 4.74 Å². The maximum Gasteiger partial charge on any atom is 0.310 e. The average Bonchev–Trinajstić information content (AvgIpc) is 2.22. The number of rotatable bonds is 2. The van der Waals surface area contributed by atoms with E-state index in [1.54, 1.807) is 0 Å². The normalized spacial score (nSPS) is 10.2. The number of ether oxygens (including phenoxy) is 1. The molecule has 0 unspecified atom stereocenters. The third kappa shape index (κ3) is 2.75. The SMILES string of the molecule is COC(=O)Cc1cc(Br)c(F)c(F)c1Br. The molecule has 6 heteroatoms. The molecular weight excluding hydrogens is 338 g/mol. The van der Waals surface area contributed by atoms with Crippen molar-refractivity contribution in [1.82, 2.24) is 0 Å². The predicted octanol–water partition coefficient (Wildman–Crippen LogP) is 3.21. The molecule has 1 aromatic carbocycles. The Morgan fingerprint density at radius 2 is 2.00 bits per heavy atom. The lowest BCUT2D eigenvalue weighted by atomic mass is 10.1. The first kappa shape index (κ1) is 12.6. The second kappa shape index (κ2) is 5.03. The lowest BCUT2D eigenvalue weighted by Crippen LogP contribution is -2.06. The molecule has 0 heterocycles. The van der Waals surface area contributed by atoms with Crippen LogP contribution in [-0.2, 0) is 16.0 Å². The van der Waals surface area contributed by atoms with Gasteiger partial charge in [-0.3, -0.25) is 4.79 Å². The summed E-state index contributed by atoms with van der Waals surface area (Å²) in [5.41, 5.74) is 0.327. The molecule has 1 rings (SSSR count). The summed E-state index contributed by atoms with van der Waals surface area (Å²) in [7, 11) is 1.23. The highest BCUT2D eigenvalue weighted by Crippen LogP contribution is 2.29. The summed E-state index contributed by atoms with van der Waals surface area (Å²) < 4.78 is 30.6. The Hall–Kier alpha value is -0.490. The van der Waals surface area contributed by atoms with Gasteiger partial charge in [0.15, 0.2) is 11.6 Å². The number of hydrogen-bond acceptors (Lipinski definition) is 2. The fourth-order valence-corrected chi connectivity index (χ4v) is 1.86. The molecule has 0 spiro atoms. The van der Waals surface area contributed by atoms with Gasteiger partial charge in [0.05, 0.1) is 22.5 Å². The van der Waals surface area contributed by atoms with Gasteiger partial charge >= 0.3 is 5.97 Å². The molecule has 0 N–H and O–H groups in total. The fourth-order valence-electron chi connectivity index (χ4n) is 0.978. The van der Waals surface area contributed by atoms with Gasteiger partial charge in [-0.25, -0.2) is 8.78 Å². The van der Waals surface area contributed by atoms with E-state index in [9.17, 15) is 13.6 Å². The second-order valence-electron chi connectivity index (χ2n) is 2.71. The van der Waals surface area contributed by atoms with E-state index < -0.39 is 17.6 Å². The van der Waals surface area contributed by atoms with Crippen molar-refractivity contribution < 1.29 is 18.3 Å². The average molecular weight is 344 g/mol. The topological polar surface area (TPSA) is 26.3 Å². The summed E-state index contributed by atoms with van der Waals surface area (Å²) in [5.74, 6) is -2.53. The summed E-state index contributed by atoms with van der Waals surface area (Å²) in [4.78, 5) is 11.0. The van der Waals surface area contributed by atoms with Crippen LogP contribution in [0.1, 0.15) is 5.56 Å². The number of halogens is 4. The van der Waals surface area contributed by atoms with E-state index in [4.69, 9.17) is 0 Å². The minimum Gasteiger partial charge on any atom is -0.469 e. The van der Waals surface area contributed by atoms with Gasteiger partial charge in [-0.2, -0.15) is 0 Å². The van der Waals surface area contributed by atoms with E-state index in [0.29, 0.717) is 5.56 Å².